The second-order valence-electron chi connectivity index (χ2n) is 5.33. The van der Waals surface area contributed by atoms with Gasteiger partial charge in [0.25, 0.3) is 5.91 Å². The average Bonchev–Trinajstić information content (AvgIpc) is 2.47. The van der Waals surface area contributed by atoms with E-state index in [-0.39, 0.29) is 18.6 Å². The normalized spacial score (nSPS) is 11.7. The maximum absolute atomic E-state index is 12.3. The molecule has 1 aromatic carbocycles. The fourth-order valence-corrected chi connectivity index (χ4v) is 2.48. The number of aliphatic hydroxyl groups is 1. The van der Waals surface area contributed by atoms with E-state index in [4.69, 9.17) is 5.11 Å². The third kappa shape index (κ3) is 4.91. The van der Waals surface area contributed by atoms with Crippen molar-refractivity contribution in [3.05, 3.63) is 34.9 Å². The second-order valence-corrected chi connectivity index (χ2v) is 5.33. The Labute approximate surface area is 127 Å². The second kappa shape index (κ2) is 8.49. The zero-order chi connectivity index (χ0) is 15.8. The van der Waals surface area contributed by atoms with Gasteiger partial charge in [-0.15, -0.1) is 0 Å². The molecule has 21 heavy (non-hydrogen) atoms. The molecule has 0 bridgehead atoms. The summed E-state index contributed by atoms with van der Waals surface area (Å²) in [6.07, 6.45) is 2.12. The Morgan fingerprint density at radius 1 is 1.33 bits per heavy atom. The Hall–Kier alpha value is -1.79. The third-order valence-corrected chi connectivity index (χ3v) is 3.91. The van der Waals surface area contributed by atoms with Gasteiger partial charge in [0.2, 0.25) is 0 Å². The van der Waals surface area contributed by atoms with Crippen LogP contribution in [-0.2, 0) is 0 Å². The summed E-state index contributed by atoms with van der Waals surface area (Å²) in [5.74, 6) is 5.96. The fraction of sp³-hybridized carbons (Fsp3) is 0.500. The number of carbonyl (C=O) groups excluding carboxylic acids is 1. The number of amides is 1. The molecule has 3 nitrogen and oxygen atoms in total. The van der Waals surface area contributed by atoms with Crippen molar-refractivity contribution >= 4 is 5.91 Å². The number of hydrogen-bond donors (Lipinski definition) is 2. The van der Waals surface area contributed by atoms with Crippen molar-refractivity contribution in [1.82, 2.24) is 5.32 Å². The van der Waals surface area contributed by atoms with Gasteiger partial charge in [0.1, 0.15) is 6.61 Å². The van der Waals surface area contributed by atoms with Gasteiger partial charge < -0.3 is 10.4 Å². The maximum Gasteiger partial charge on any atom is 0.251 e. The van der Waals surface area contributed by atoms with Gasteiger partial charge in [-0.1, -0.05) is 38.5 Å². The van der Waals surface area contributed by atoms with Gasteiger partial charge in [0.15, 0.2) is 0 Å². The van der Waals surface area contributed by atoms with Gasteiger partial charge >= 0.3 is 0 Å². The summed E-state index contributed by atoms with van der Waals surface area (Å²) in [4.78, 5) is 12.3. The molecular formula is C18H25NO2. The van der Waals surface area contributed by atoms with Crippen molar-refractivity contribution < 1.29 is 9.90 Å². The van der Waals surface area contributed by atoms with Crippen LogP contribution in [0.3, 0.4) is 0 Å². The van der Waals surface area contributed by atoms with E-state index in [1.54, 1.807) is 6.07 Å². The molecule has 0 fully saturated rings. The Morgan fingerprint density at radius 3 is 2.52 bits per heavy atom. The standard InChI is InChI=1S/C18H25NO2/c1-5-15(6-2)14(4)19-18(21)17-10-9-16(8-7-11-20)13(3)12-17/h9-10,12,14-15,20H,5-6,11H2,1-4H3,(H,19,21). The molecule has 3 heteroatoms. The molecule has 0 heterocycles. The Morgan fingerprint density at radius 2 is 2.00 bits per heavy atom. The van der Waals surface area contributed by atoms with E-state index >= 15 is 0 Å². The lowest BCUT2D eigenvalue weighted by molar-refractivity contribution is 0.0925. The van der Waals surface area contributed by atoms with Crippen LogP contribution in [0, 0.1) is 24.7 Å². The molecular weight excluding hydrogens is 262 g/mol. The highest BCUT2D eigenvalue weighted by atomic mass is 16.2. The van der Waals surface area contributed by atoms with Crippen LogP contribution in [0.15, 0.2) is 18.2 Å². The van der Waals surface area contributed by atoms with E-state index in [1.807, 2.05) is 19.1 Å². The molecule has 1 atom stereocenters. The first-order valence-electron chi connectivity index (χ1n) is 7.54. The summed E-state index contributed by atoms with van der Waals surface area (Å²) in [7, 11) is 0. The monoisotopic (exact) mass is 287 g/mol. The highest BCUT2D eigenvalue weighted by Crippen LogP contribution is 2.14. The van der Waals surface area contributed by atoms with Gasteiger partial charge in [0.05, 0.1) is 0 Å². The molecule has 0 radical (unpaired) electrons. The third-order valence-electron chi connectivity index (χ3n) is 3.91. The predicted molar refractivity (Wildman–Crippen MR) is 86.1 cm³/mol. The number of aryl methyl sites for hydroxylation is 1. The Kier molecular flexibility index (Phi) is 6.98. The highest BCUT2D eigenvalue weighted by Gasteiger charge is 2.16. The first-order chi connectivity index (χ1) is 10.0. The summed E-state index contributed by atoms with van der Waals surface area (Å²) < 4.78 is 0. The lowest BCUT2D eigenvalue weighted by Crippen LogP contribution is -2.37. The first kappa shape index (κ1) is 17.3. The van der Waals surface area contributed by atoms with Crippen LogP contribution in [0.25, 0.3) is 0 Å². The molecule has 1 amide bonds. The Bertz CT molecular complexity index is 536. The minimum absolute atomic E-state index is 0.0424. The maximum atomic E-state index is 12.3. The fourth-order valence-electron chi connectivity index (χ4n) is 2.48. The van der Waals surface area contributed by atoms with E-state index in [9.17, 15) is 4.79 Å². The lowest BCUT2D eigenvalue weighted by Gasteiger charge is -2.22. The number of aliphatic hydroxyl groups excluding tert-OH is 1. The van der Waals surface area contributed by atoms with Gasteiger partial charge in [0, 0.05) is 17.2 Å². The molecule has 1 unspecified atom stereocenters. The summed E-state index contributed by atoms with van der Waals surface area (Å²) in [6, 6.07) is 5.62. The number of hydrogen-bond acceptors (Lipinski definition) is 2. The van der Waals surface area contributed by atoms with Crippen LogP contribution in [-0.4, -0.2) is 23.7 Å². The molecule has 114 valence electrons. The van der Waals surface area contributed by atoms with E-state index in [1.165, 1.54) is 0 Å². The van der Waals surface area contributed by atoms with Crippen molar-refractivity contribution in [3.63, 3.8) is 0 Å². The van der Waals surface area contributed by atoms with Crippen molar-refractivity contribution in [2.75, 3.05) is 6.61 Å². The number of nitrogens with one attached hydrogen (secondary N) is 1. The van der Waals surface area contributed by atoms with E-state index in [2.05, 4.69) is 37.9 Å². The summed E-state index contributed by atoms with van der Waals surface area (Å²) in [5, 5.41) is 11.8. The Balaban J connectivity index is 2.82. The van der Waals surface area contributed by atoms with E-state index < -0.39 is 0 Å². The quantitative estimate of drug-likeness (QED) is 0.818. The van der Waals surface area contributed by atoms with Gasteiger partial charge in [-0.05, 0) is 43.5 Å². The van der Waals surface area contributed by atoms with E-state index in [0.717, 1.165) is 24.0 Å². The molecule has 0 saturated heterocycles. The van der Waals surface area contributed by atoms with Crippen LogP contribution >= 0.6 is 0 Å². The topological polar surface area (TPSA) is 49.3 Å². The van der Waals surface area contributed by atoms with Crippen LogP contribution in [0.2, 0.25) is 0 Å². The molecule has 0 saturated carbocycles. The number of carbonyl (C=O) groups is 1. The minimum atomic E-state index is -0.158. The SMILES string of the molecule is CCC(CC)C(C)NC(=O)c1ccc(C#CCO)c(C)c1. The lowest BCUT2D eigenvalue weighted by atomic mass is 9.95. The molecule has 0 aliphatic rings. The van der Waals surface area contributed by atoms with Crippen molar-refractivity contribution in [1.29, 1.82) is 0 Å². The molecule has 2 N–H and O–H groups in total. The van der Waals surface area contributed by atoms with Crippen LogP contribution in [0.5, 0.6) is 0 Å². The zero-order valence-corrected chi connectivity index (χ0v) is 13.4. The zero-order valence-electron chi connectivity index (χ0n) is 13.4. The van der Waals surface area contributed by atoms with Gasteiger partial charge in [-0.2, -0.15) is 0 Å². The van der Waals surface area contributed by atoms with Crippen molar-refractivity contribution in [2.24, 2.45) is 5.92 Å². The highest BCUT2D eigenvalue weighted by molar-refractivity contribution is 5.94. The van der Waals surface area contributed by atoms with Crippen LogP contribution in [0.1, 0.15) is 55.1 Å². The number of benzene rings is 1. The summed E-state index contributed by atoms with van der Waals surface area (Å²) >= 11 is 0. The van der Waals surface area contributed by atoms with Gasteiger partial charge in [-0.25, -0.2) is 0 Å². The van der Waals surface area contributed by atoms with E-state index in [0.29, 0.717) is 11.5 Å². The van der Waals surface area contributed by atoms with Crippen LogP contribution < -0.4 is 5.32 Å². The van der Waals surface area contributed by atoms with Crippen molar-refractivity contribution in [3.8, 4) is 11.8 Å². The average molecular weight is 287 g/mol. The summed E-state index contributed by atoms with van der Waals surface area (Å²) in [6.45, 7) is 8.12. The largest absolute Gasteiger partial charge is 0.384 e. The molecule has 1 aromatic rings. The van der Waals surface area contributed by atoms with Crippen LogP contribution in [0.4, 0.5) is 0 Å². The van der Waals surface area contributed by atoms with Gasteiger partial charge in [-0.3, -0.25) is 4.79 Å². The molecule has 0 spiro atoms. The molecule has 0 aliphatic carbocycles. The molecule has 1 rings (SSSR count). The predicted octanol–water partition coefficient (Wildman–Crippen LogP) is 2.89. The summed E-state index contributed by atoms with van der Waals surface area (Å²) in [5.41, 5.74) is 2.44. The molecule has 0 aromatic heterocycles. The minimum Gasteiger partial charge on any atom is -0.384 e. The smallest absolute Gasteiger partial charge is 0.251 e. The first-order valence-corrected chi connectivity index (χ1v) is 7.54. The van der Waals surface area contributed by atoms with Crippen molar-refractivity contribution in [2.45, 2.75) is 46.6 Å². The number of rotatable bonds is 5. The molecule has 0 aliphatic heterocycles.